The molecular formula is C20H33N. The Morgan fingerprint density at radius 1 is 1.10 bits per heavy atom. The first-order valence-electron chi connectivity index (χ1n) is 8.93. The van der Waals surface area contributed by atoms with Crippen LogP contribution in [-0.2, 0) is 0 Å². The van der Waals surface area contributed by atoms with E-state index in [0.29, 0.717) is 6.04 Å². The molecule has 0 aromatic heterocycles. The molecule has 118 valence electrons. The van der Waals surface area contributed by atoms with Gasteiger partial charge in [-0.3, -0.25) is 0 Å². The second-order valence-corrected chi connectivity index (χ2v) is 7.05. The average molecular weight is 287 g/mol. The minimum absolute atomic E-state index is 0.547. The Morgan fingerprint density at radius 3 is 2.29 bits per heavy atom. The van der Waals surface area contributed by atoms with Crippen molar-refractivity contribution in [1.82, 2.24) is 5.32 Å². The van der Waals surface area contributed by atoms with Gasteiger partial charge in [0, 0.05) is 6.04 Å². The van der Waals surface area contributed by atoms with Crippen LogP contribution in [0.1, 0.15) is 80.2 Å². The van der Waals surface area contributed by atoms with Crippen molar-refractivity contribution in [2.24, 2.45) is 5.92 Å². The van der Waals surface area contributed by atoms with E-state index in [2.05, 4.69) is 45.1 Å². The van der Waals surface area contributed by atoms with Gasteiger partial charge in [0.05, 0.1) is 0 Å². The van der Waals surface area contributed by atoms with E-state index in [4.69, 9.17) is 0 Å². The summed E-state index contributed by atoms with van der Waals surface area (Å²) < 4.78 is 0. The quantitative estimate of drug-likeness (QED) is 0.686. The summed E-state index contributed by atoms with van der Waals surface area (Å²) in [6, 6.07) is 5.24. The number of hydrogen-bond acceptors (Lipinski definition) is 1. The summed E-state index contributed by atoms with van der Waals surface area (Å²) in [6.45, 7) is 10.2. The van der Waals surface area contributed by atoms with Gasteiger partial charge in [-0.2, -0.15) is 0 Å². The highest BCUT2D eigenvalue weighted by molar-refractivity contribution is 5.39. The molecule has 21 heavy (non-hydrogen) atoms. The van der Waals surface area contributed by atoms with E-state index in [1.807, 2.05) is 0 Å². The Labute approximate surface area is 131 Å². The molecule has 1 saturated carbocycles. The van der Waals surface area contributed by atoms with Crippen molar-refractivity contribution in [2.45, 2.75) is 78.7 Å². The van der Waals surface area contributed by atoms with Gasteiger partial charge in [0.25, 0.3) is 0 Å². The summed E-state index contributed by atoms with van der Waals surface area (Å²) in [5.41, 5.74) is 5.88. The molecular weight excluding hydrogens is 254 g/mol. The molecule has 1 aliphatic rings. The van der Waals surface area contributed by atoms with Crippen LogP contribution in [-0.4, -0.2) is 6.54 Å². The Balaban J connectivity index is 2.10. The Hall–Kier alpha value is -0.820. The third kappa shape index (κ3) is 4.57. The summed E-state index contributed by atoms with van der Waals surface area (Å²) >= 11 is 0. The van der Waals surface area contributed by atoms with Crippen LogP contribution in [0, 0.1) is 26.7 Å². The predicted octanol–water partition coefficient (Wildman–Crippen LogP) is 5.62. The molecule has 0 bridgehead atoms. The maximum atomic E-state index is 3.81. The van der Waals surface area contributed by atoms with Crippen molar-refractivity contribution in [2.75, 3.05) is 6.54 Å². The molecule has 0 aliphatic heterocycles. The van der Waals surface area contributed by atoms with E-state index in [0.717, 1.165) is 12.5 Å². The lowest BCUT2D eigenvalue weighted by molar-refractivity contribution is 0.410. The first-order valence-corrected chi connectivity index (χ1v) is 8.93. The van der Waals surface area contributed by atoms with Crippen molar-refractivity contribution >= 4 is 0 Å². The fourth-order valence-electron chi connectivity index (χ4n) is 4.11. The minimum atomic E-state index is 0.547. The smallest absolute Gasteiger partial charge is 0.0325 e. The molecule has 1 aliphatic carbocycles. The highest BCUT2D eigenvalue weighted by Crippen LogP contribution is 2.33. The molecule has 0 saturated heterocycles. The van der Waals surface area contributed by atoms with Crippen LogP contribution in [0.15, 0.2) is 12.1 Å². The largest absolute Gasteiger partial charge is 0.310 e. The van der Waals surface area contributed by atoms with Gasteiger partial charge in [-0.05, 0) is 69.2 Å². The van der Waals surface area contributed by atoms with E-state index in [1.54, 1.807) is 5.56 Å². The topological polar surface area (TPSA) is 12.0 Å². The molecule has 1 aromatic carbocycles. The van der Waals surface area contributed by atoms with Crippen molar-refractivity contribution in [3.05, 3.63) is 34.4 Å². The second-order valence-electron chi connectivity index (χ2n) is 7.05. The van der Waals surface area contributed by atoms with Gasteiger partial charge in [-0.25, -0.2) is 0 Å². The summed E-state index contributed by atoms with van der Waals surface area (Å²) in [5, 5.41) is 3.81. The van der Waals surface area contributed by atoms with Crippen LogP contribution in [0.5, 0.6) is 0 Å². The number of hydrogen-bond donors (Lipinski definition) is 1. The molecule has 2 rings (SSSR count). The van der Waals surface area contributed by atoms with Crippen LogP contribution in [0.25, 0.3) is 0 Å². The number of benzene rings is 1. The SMILES string of the molecule is CCCNC(CCC1CCCC1)c1c(C)cc(C)cc1C. The monoisotopic (exact) mass is 287 g/mol. The Morgan fingerprint density at radius 2 is 1.71 bits per heavy atom. The van der Waals surface area contributed by atoms with Gasteiger partial charge in [-0.15, -0.1) is 0 Å². The average Bonchev–Trinajstić information content (AvgIpc) is 2.93. The van der Waals surface area contributed by atoms with Crippen molar-refractivity contribution in [3.8, 4) is 0 Å². The molecule has 1 fully saturated rings. The molecule has 0 amide bonds. The lowest BCUT2D eigenvalue weighted by Crippen LogP contribution is -2.24. The Kier molecular flexibility index (Phi) is 6.29. The highest BCUT2D eigenvalue weighted by atomic mass is 14.9. The molecule has 0 spiro atoms. The zero-order valence-corrected chi connectivity index (χ0v) is 14.5. The van der Waals surface area contributed by atoms with Gasteiger partial charge >= 0.3 is 0 Å². The first kappa shape index (κ1) is 16.5. The lowest BCUT2D eigenvalue weighted by atomic mass is 9.89. The van der Waals surface area contributed by atoms with Crippen molar-refractivity contribution < 1.29 is 0 Å². The molecule has 1 aromatic rings. The van der Waals surface area contributed by atoms with Gasteiger partial charge < -0.3 is 5.32 Å². The summed E-state index contributed by atoms with van der Waals surface area (Å²) in [6.07, 6.45) is 9.76. The van der Waals surface area contributed by atoms with Crippen LogP contribution < -0.4 is 5.32 Å². The molecule has 0 radical (unpaired) electrons. The lowest BCUT2D eigenvalue weighted by Gasteiger charge is -2.25. The number of rotatable bonds is 7. The van der Waals surface area contributed by atoms with Crippen LogP contribution in [0.4, 0.5) is 0 Å². The second kappa shape index (κ2) is 7.98. The molecule has 1 heteroatoms. The molecule has 0 heterocycles. The van der Waals surface area contributed by atoms with Crippen molar-refractivity contribution in [1.29, 1.82) is 0 Å². The number of nitrogens with one attached hydrogen (secondary N) is 1. The summed E-state index contributed by atoms with van der Waals surface area (Å²) in [7, 11) is 0. The standard InChI is InChI=1S/C20H33N/c1-5-12-21-19(11-10-18-8-6-7-9-18)20-16(3)13-15(2)14-17(20)4/h13-14,18-19,21H,5-12H2,1-4H3. The maximum Gasteiger partial charge on any atom is 0.0325 e. The van der Waals surface area contributed by atoms with E-state index in [-0.39, 0.29) is 0 Å². The van der Waals surface area contributed by atoms with Gasteiger partial charge in [0.15, 0.2) is 0 Å². The molecule has 1 atom stereocenters. The molecule has 1 unspecified atom stereocenters. The van der Waals surface area contributed by atoms with Crippen LogP contribution in [0.3, 0.4) is 0 Å². The zero-order chi connectivity index (χ0) is 15.2. The third-order valence-electron chi connectivity index (χ3n) is 5.07. The normalized spacial score (nSPS) is 17.3. The number of aryl methyl sites for hydroxylation is 3. The highest BCUT2D eigenvalue weighted by Gasteiger charge is 2.20. The minimum Gasteiger partial charge on any atom is -0.310 e. The fourth-order valence-corrected chi connectivity index (χ4v) is 4.11. The molecule has 1 N–H and O–H groups in total. The third-order valence-corrected chi connectivity index (χ3v) is 5.07. The van der Waals surface area contributed by atoms with Crippen LogP contribution >= 0.6 is 0 Å². The van der Waals surface area contributed by atoms with E-state index in [9.17, 15) is 0 Å². The van der Waals surface area contributed by atoms with Gasteiger partial charge in [-0.1, -0.05) is 50.3 Å². The Bertz CT molecular complexity index is 420. The molecule has 1 nitrogen and oxygen atoms in total. The fraction of sp³-hybridized carbons (Fsp3) is 0.700. The van der Waals surface area contributed by atoms with E-state index >= 15 is 0 Å². The summed E-state index contributed by atoms with van der Waals surface area (Å²) in [5.74, 6) is 0.988. The zero-order valence-electron chi connectivity index (χ0n) is 14.5. The van der Waals surface area contributed by atoms with E-state index in [1.165, 1.54) is 61.6 Å². The summed E-state index contributed by atoms with van der Waals surface area (Å²) in [4.78, 5) is 0. The van der Waals surface area contributed by atoms with Gasteiger partial charge in [0.1, 0.15) is 0 Å². The van der Waals surface area contributed by atoms with Crippen molar-refractivity contribution in [3.63, 3.8) is 0 Å². The first-order chi connectivity index (χ1) is 10.1. The van der Waals surface area contributed by atoms with Crippen LogP contribution in [0.2, 0.25) is 0 Å². The van der Waals surface area contributed by atoms with Gasteiger partial charge in [0.2, 0.25) is 0 Å². The van der Waals surface area contributed by atoms with E-state index < -0.39 is 0 Å². The maximum absolute atomic E-state index is 3.81. The predicted molar refractivity (Wildman–Crippen MR) is 92.9 cm³/mol.